The highest BCUT2D eigenvalue weighted by Gasteiger charge is 2.34. The summed E-state index contributed by atoms with van der Waals surface area (Å²) in [5, 5.41) is 9.04. The van der Waals surface area contributed by atoms with Crippen molar-refractivity contribution in [2.45, 2.75) is 6.42 Å². The fourth-order valence-electron chi connectivity index (χ4n) is 2.30. The van der Waals surface area contributed by atoms with Crippen LogP contribution in [0.3, 0.4) is 0 Å². The molecule has 5 heteroatoms. The number of phenolic OH excluding ortho intramolecular Hbond substituents is 1. The molecule has 1 fully saturated rings. The Morgan fingerprint density at radius 2 is 1.70 bits per heavy atom. The molecule has 0 unspecified atom stereocenters. The zero-order valence-corrected chi connectivity index (χ0v) is 13.1. The maximum atomic E-state index is 12.4. The SMILES string of the molecule is O=C1S/C(=C\c2ccc(O)cc2)C(=O)N1CCc1ccccc1. The number of rotatable bonds is 4. The first kappa shape index (κ1) is 15.4. The highest BCUT2D eigenvalue weighted by Crippen LogP contribution is 2.32. The van der Waals surface area contributed by atoms with Gasteiger partial charge < -0.3 is 5.11 Å². The van der Waals surface area contributed by atoms with E-state index >= 15 is 0 Å². The van der Waals surface area contributed by atoms with Crippen LogP contribution in [0.2, 0.25) is 0 Å². The third kappa shape index (κ3) is 3.63. The molecule has 23 heavy (non-hydrogen) atoms. The van der Waals surface area contributed by atoms with Crippen molar-refractivity contribution in [1.29, 1.82) is 0 Å². The lowest BCUT2D eigenvalue weighted by molar-refractivity contribution is -0.122. The first-order valence-electron chi connectivity index (χ1n) is 7.22. The van der Waals surface area contributed by atoms with E-state index in [1.807, 2.05) is 30.3 Å². The van der Waals surface area contributed by atoms with Crippen LogP contribution in [-0.2, 0) is 11.2 Å². The maximum Gasteiger partial charge on any atom is 0.293 e. The Morgan fingerprint density at radius 1 is 1.00 bits per heavy atom. The molecule has 2 aromatic carbocycles. The number of imide groups is 1. The van der Waals surface area contributed by atoms with Crippen LogP contribution < -0.4 is 0 Å². The monoisotopic (exact) mass is 325 g/mol. The van der Waals surface area contributed by atoms with Gasteiger partial charge in [0.25, 0.3) is 11.1 Å². The minimum atomic E-state index is -0.260. The van der Waals surface area contributed by atoms with E-state index in [9.17, 15) is 14.7 Å². The van der Waals surface area contributed by atoms with Gasteiger partial charge in [-0.05, 0) is 47.5 Å². The van der Waals surface area contributed by atoms with Gasteiger partial charge in [-0.25, -0.2) is 0 Å². The highest BCUT2D eigenvalue weighted by atomic mass is 32.2. The number of amides is 2. The van der Waals surface area contributed by atoms with Crippen LogP contribution in [-0.4, -0.2) is 27.7 Å². The zero-order chi connectivity index (χ0) is 16.2. The standard InChI is InChI=1S/C18H15NO3S/c20-15-8-6-14(7-9-15)12-16-17(21)19(18(22)23-16)11-10-13-4-2-1-3-5-13/h1-9,12,20H,10-11H2/b16-12-. The molecular weight excluding hydrogens is 310 g/mol. The van der Waals surface area contributed by atoms with Crippen LogP contribution in [0.15, 0.2) is 59.5 Å². The summed E-state index contributed by atoms with van der Waals surface area (Å²) in [5.74, 6) is -0.0953. The molecule has 0 atom stereocenters. The van der Waals surface area contributed by atoms with Crippen molar-refractivity contribution >= 4 is 29.0 Å². The summed E-state index contributed by atoms with van der Waals surface area (Å²) in [7, 11) is 0. The van der Waals surface area contributed by atoms with Gasteiger partial charge in [0.05, 0.1) is 4.91 Å². The second-order valence-corrected chi connectivity index (χ2v) is 6.15. The second kappa shape index (κ2) is 6.71. The Bertz CT molecular complexity index is 754. The van der Waals surface area contributed by atoms with Crippen molar-refractivity contribution in [3.8, 4) is 5.75 Å². The lowest BCUT2D eigenvalue weighted by Crippen LogP contribution is -2.30. The minimum absolute atomic E-state index is 0.165. The molecule has 116 valence electrons. The molecule has 0 saturated carbocycles. The van der Waals surface area contributed by atoms with Crippen LogP contribution in [0.4, 0.5) is 4.79 Å². The third-order valence-electron chi connectivity index (χ3n) is 3.53. The summed E-state index contributed by atoms with van der Waals surface area (Å²) < 4.78 is 0. The molecule has 0 bridgehead atoms. The molecule has 0 radical (unpaired) electrons. The van der Waals surface area contributed by atoms with E-state index < -0.39 is 0 Å². The maximum absolute atomic E-state index is 12.4. The van der Waals surface area contributed by atoms with Crippen molar-refractivity contribution in [2.24, 2.45) is 0 Å². The van der Waals surface area contributed by atoms with Gasteiger partial charge in [0.2, 0.25) is 0 Å². The normalized spacial score (nSPS) is 16.3. The Labute approximate surface area is 138 Å². The number of aromatic hydroxyl groups is 1. The summed E-state index contributed by atoms with van der Waals surface area (Å²) >= 11 is 0.952. The topological polar surface area (TPSA) is 57.6 Å². The van der Waals surface area contributed by atoms with Crippen molar-refractivity contribution in [1.82, 2.24) is 4.90 Å². The van der Waals surface area contributed by atoms with Gasteiger partial charge in [-0.3, -0.25) is 14.5 Å². The van der Waals surface area contributed by atoms with Gasteiger partial charge in [0.1, 0.15) is 5.75 Å². The Balaban J connectivity index is 1.71. The number of phenols is 1. The summed E-state index contributed by atoms with van der Waals surface area (Å²) in [6, 6.07) is 16.3. The molecule has 4 nitrogen and oxygen atoms in total. The van der Waals surface area contributed by atoms with Gasteiger partial charge in [-0.15, -0.1) is 0 Å². The van der Waals surface area contributed by atoms with E-state index in [4.69, 9.17) is 0 Å². The van der Waals surface area contributed by atoms with Crippen molar-refractivity contribution in [3.05, 3.63) is 70.6 Å². The quantitative estimate of drug-likeness (QED) is 0.871. The number of carbonyl (C=O) groups is 2. The molecule has 3 rings (SSSR count). The lowest BCUT2D eigenvalue weighted by Gasteiger charge is -2.12. The van der Waals surface area contributed by atoms with E-state index in [-0.39, 0.29) is 16.9 Å². The van der Waals surface area contributed by atoms with E-state index in [2.05, 4.69) is 0 Å². The second-order valence-electron chi connectivity index (χ2n) is 5.16. The Hall–Kier alpha value is -2.53. The number of carbonyl (C=O) groups excluding carboxylic acids is 2. The number of benzene rings is 2. The Morgan fingerprint density at radius 3 is 2.39 bits per heavy atom. The van der Waals surface area contributed by atoms with Gasteiger partial charge in [0, 0.05) is 6.54 Å². The fraction of sp³-hybridized carbons (Fsp3) is 0.111. The van der Waals surface area contributed by atoms with Gasteiger partial charge in [-0.1, -0.05) is 42.5 Å². The molecule has 2 aromatic rings. The molecule has 0 aromatic heterocycles. The average molecular weight is 325 g/mol. The van der Waals surface area contributed by atoms with Gasteiger partial charge >= 0.3 is 0 Å². The molecule has 1 N–H and O–H groups in total. The average Bonchev–Trinajstić information content (AvgIpc) is 2.82. The Kier molecular flexibility index (Phi) is 4.48. The number of hydrogen-bond acceptors (Lipinski definition) is 4. The van der Waals surface area contributed by atoms with Crippen molar-refractivity contribution in [2.75, 3.05) is 6.54 Å². The van der Waals surface area contributed by atoms with Crippen LogP contribution in [0.1, 0.15) is 11.1 Å². The largest absolute Gasteiger partial charge is 0.508 e. The number of thioether (sulfide) groups is 1. The van der Waals surface area contributed by atoms with Crippen LogP contribution in [0.5, 0.6) is 5.75 Å². The third-order valence-corrected chi connectivity index (χ3v) is 4.44. The van der Waals surface area contributed by atoms with Crippen LogP contribution in [0, 0.1) is 0 Å². The predicted molar refractivity (Wildman–Crippen MR) is 90.9 cm³/mol. The molecular formula is C18H15NO3S. The number of nitrogens with zero attached hydrogens (tertiary/aromatic N) is 1. The highest BCUT2D eigenvalue weighted by molar-refractivity contribution is 8.18. The van der Waals surface area contributed by atoms with E-state index in [1.54, 1.807) is 30.3 Å². The first-order valence-corrected chi connectivity index (χ1v) is 8.03. The summed E-state index contributed by atoms with van der Waals surface area (Å²) in [4.78, 5) is 26.1. The zero-order valence-electron chi connectivity index (χ0n) is 12.3. The molecule has 1 aliphatic rings. The summed E-state index contributed by atoms with van der Waals surface area (Å²) in [6.07, 6.45) is 2.32. The van der Waals surface area contributed by atoms with E-state index in [0.717, 1.165) is 22.9 Å². The summed E-state index contributed by atoms with van der Waals surface area (Å²) in [6.45, 7) is 0.377. The smallest absolute Gasteiger partial charge is 0.293 e. The lowest BCUT2D eigenvalue weighted by atomic mass is 10.1. The van der Waals surface area contributed by atoms with Crippen molar-refractivity contribution < 1.29 is 14.7 Å². The minimum Gasteiger partial charge on any atom is -0.508 e. The summed E-state index contributed by atoms with van der Waals surface area (Å²) in [5.41, 5.74) is 1.87. The molecule has 0 spiro atoms. The molecule has 0 aliphatic carbocycles. The first-order chi connectivity index (χ1) is 11.1. The number of hydrogen-bond donors (Lipinski definition) is 1. The molecule has 1 heterocycles. The van der Waals surface area contributed by atoms with Crippen LogP contribution >= 0.6 is 11.8 Å². The van der Waals surface area contributed by atoms with Crippen molar-refractivity contribution in [3.63, 3.8) is 0 Å². The van der Waals surface area contributed by atoms with Crippen LogP contribution in [0.25, 0.3) is 6.08 Å². The van der Waals surface area contributed by atoms with Gasteiger partial charge in [0.15, 0.2) is 0 Å². The molecule has 1 aliphatic heterocycles. The molecule has 1 saturated heterocycles. The fourth-order valence-corrected chi connectivity index (χ4v) is 3.17. The van der Waals surface area contributed by atoms with E-state index in [0.29, 0.717) is 17.9 Å². The van der Waals surface area contributed by atoms with Gasteiger partial charge in [-0.2, -0.15) is 0 Å². The van der Waals surface area contributed by atoms with E-state index in [1.165, 1.54) is 4.90 Å². The molecule has 2 amide bonds. The predicted octanol–water partition coefficient (Wildman–Crippen LogP) is 3.67.